The van der Waals surface area contributed by atoms with Crippen molar-refractivity contribution in [3.05, 3.63) is 10.9 Å². The molecule has 0 saturated carbocycles. The van der Waals surface area contributed by atoms with Gasteiger partial charge in [-0.25, -0.2) is 0 Å². The fourth-order valence-electron chi connectivity index (χ4n) is 2.30. The van der Waals surface area contributed by atoms with E-state index >= 15 is 0 Å². The van der Waals surface area contributed by atoms with E-state index in [2.05, 4.69) is 24.1 Å². The summed E-state index contributed by atoms with van der Waals surface area (Å²) >= 11 is 1.49. The number of carbonyl (C=O) groups is 1. The van der Waals surface area contributed by atoms with Crippen molar-refractivity contribution in [2.45, 2.75) is 20.3 Å². The van der Waals surface area contributed by atoms with Crippen molar-refractivity contribution in [2.24, 2.45) is 11.8 Å². The van der Waals surface area contributed by atoms with E-state index < -0.39 is 0 Å². The van der Waals surface area contributed by atoms with Gasteiger partial charge >= 0.3 is 0 Å². The first-order valence-electron chi connectivity index (χ1n) is 6.39. The minimum Gasteiger partial charge on any atom is -0.397 e. The lowest BCUT2D eigenvalue weighted by Gasteiger charge is -2.35. The van der Waals surface area contributed by atoms with Crippen LogP contribution in [0.4, 0.5) is 10.7 Å². The third-order valence-electron chi connectivity index (χ3n) is 3.83. The van der Waals surface area contributed by atoms with Crippen LogP contribution in [-0.4, -0.2) is 26.0 Å². The van der Waals surface area contributed by atoms with Gasteiger partial charge in [0.1, 0.15) is 4.88 Å². The standard InChI is InChI=1S/C13H21N3OS/c1-8-4-5-16(7-9(8)2)11-6-10(14)12(18-11)13(17)15-3/h6,8-9H,4-5,7,14H2,1-3H3,(H,15,17). The highest BCUT2D eigenvalue weighted by molar-refractivity contribution is 7.18. The van der Waals surface area contributed by atoms with Crippen LogP contribution in [0.25, 0.3) is 0 Å². The summed E-state index contributed by atoms with van der Waals surface area (Å²) in [6, 6.07) is 1.93. The molecule has 1 amide bonds. The number of anilines is 2. The fourth-order valence-corrected chi connectivity index (χ4v) is 3.36. The van der Waals surface area contributed by atoms with E-state index in [4.69, 9.17) is 5.73 Å². The number of hydrogen-bond donors (Lipinski definition) is 2. The molecule has 18 heavy (non-hydrogen) atoms. The second-order valence-electron chi connectivity index (χ2n) is 5.14. The van der Waals surface area contributed by atoms with Crippen LogP contribution < -0.4 is 16.0 Å². The lowest BCUT2D eigenvalue weighted by molar-refractivity contribution is 0.0968. The van der Waals surface area contributed by atoms with E-state index in [0.29, 0.717) is 16.5 Å². The highest BCUT2D eigenvalue weighted by atomic mass is 32.1. The van der Waals surface area contributed by atoms with Gasteiger partial charge in [0.25, 0.3) is 5.91 Å². The van der Waals surface area contributed by atoms with Crippen molar-refractivity contribution in [1.82, 2.24) is 5.32 Å². The average molecular weight is 267 g/mol. The van der Waals surface area contributed by atoms with Gasteiger partial charge in [-0.05, 0) is 24.3 Å². The smallest absolute Gasteiger partial charge is 0.263 e. The zero-order valence-corrected chi connectivity index (χ0v) is 12.0. The van der Waals surface area contributed by atoms with Crippen LogP contribution in [0.1, 0.15) is 29.9 Å². The summed E-state index contributed by atoms with van der Waals surface area (Å²) in [5, 5.41) is 3.74. The van der Waals surface area contributed by atoms with Crippen molar-refractivity contribution >= 4 is 27.9 Å². The Labute approximate surface area is 112 Å². The van der Waals surface area contributed by atoms with Gasteiger partial charge in [-0.3, -0.25) is 4.79 Å². The molecule has 0 bridgehead atoms. The molecule has 0 radical (unpaired) electrons. The maximum Gasteiger partial charge on any atom is 0.263 e. The van der Waals surface area contributed by atoms with Gasteiger partial charge in [0.15, 0.2) is 0 Å². The van der Waals surface area contributed by atoms with Crippen LogP contribution in [0.2, 0.25) is 0 Å². The molecule has 2 rings (SSSR count). The molecule has 1 fully saturated rings. The van der Waals surface area contributed by atoms with Gasteiger partial charge in [-0.15, -0.1) is 11.3 Å². The van der Waals surface area contributed by atoms with Crippen molar-refractivity contribution < 1.29 is 4.79 Å². The van der Waals surface area contributed by atoms with Gasteiger partial charge in [0.2, 0.25) is 0 Å². The molecule has 1 aliphatic rings. The summed E-state index contributed by atoms with van der Waals surface area (Å²) in [4.78, 5) is 14.6. The minimum absolute atomic E-state index is 0.0952. The summed E-state index contributed by atoms with van der Waals surface area (Å²) in [6.07, 6.45) is 1.20. The molecule has 0 aromatic carbocycles. The lowest BCUT2D eigenvalue weighted by atomic mass is 9.89. The summed E-state index contributed by atoms with van der Waals surface area (Å²) in [7, 11) is 1.63. The first-order valence-corrected chi connectivity index (χ1v) is 7.21. The second kappa shape index (κ2) is 5.18. The van der Waals surface area contributed by atoms with E-state index in [0.717, 1.165) is 24.0 Å². The predicted octanol–water partition coefficient (Wildman–Crippen LogP) is 2.17. The van der Waals surface area contributed by atoms with Crippen LogP contribution >= 0.6 is 11.3 Å². The van der Waals surface area contributed by atoms with Gasteiger partial charge in [0.05, 0.1) is 10.7 Å². The quantitative estimate of drug-likeness (QED) is 0.863. The second-order valence-corrected chi connectivity index (χ2v) is 6.17. The van der Waals surface area contributed by atoms with Crippen molar-refractivity contribution in [2.75, 3.05) is 30.8 Å². The molecule has 2 atom stereocenters. The Morgan fingerprint density at radius 1 is 1.50 bits per heavy atom. The van der Waals surface area contributed by atoms with E-state index in [1.54, 1.807) is 7.05 Å². The number of hydrogen-bond acceptors (Lipinski definition) is 4. The molecule has 100 valence electrons. The third kappa shape index (κ3) is 2.46. The Morgan fingerprint density at radius 2 is 2.22 bits per heavy atom. The Hall–Kier alpha value is -1.23. The molecule has 1 aromatic rings. The summed E-state index contributed by atoms with van der Waals surface area (Å²) in [6.45, 7) is 6.70. The van der Waals surface area contributed by atoms with Crippen LogP contribution in [-0.2, 0) is 0 Å². The Bertz CT molecular complexity index is 443. The fraction of sp³-hybridized carbons (Fsp3) is 0.615. The van der Waals surface area contributed by atoms with Gasteiger partial charge in [-0.2, -0.15) is 0 Å². The molecule has 2 unspecified atom stereocenters. The molecule has 0 spiro atoms. The normalized spacial score (nSPS) is 24.1. The molecule has 2 heterocycles. The highest BCUT2D eigenvalue weighted by Gasteiger charge is 2.25. The Balaban J connectivity index is 2.17. The van der Waals surface area contributed by atoms with E-state index in [9.17, 15) is 4.79 Å². The first-order chi connectivity index (χ1) is 8.52. The van der Waals surface area contributed by atoms with Crippen molar-refractivity contribution in [3.8, 4) is 0 Å². The lowest BCUT2D eigenvalue weighted by Crippen LogP contribution is -2.37. The number of nitrogens with two attached hydrogens (primary N) is 1. The van der Waals surface area contributed by atoms with E-state index in [1.807, 2.05) is 6.07 Å². The number of piperidine rings is 1. The minimum atomic E-state index is -0.0952. The largest absolute Gasteiger partial charge is 0.397 e. The van der Waals surface area contributed by atoms with Crippen molar-refractivity contribution in [3.63, 3.8) is 0 Å². The number of amides is 1. The molecule has 5 heteroatoms. The Morgan fingerprint density at radius 3 is 2.83 bits per heavy atom. The van der Waals surface area contributed by atoms with Gasteiger partial charge in [0, 0.05) is 20.1 Å². The van der Waals surface area contributed by atoms with Crippen molar-refractivity contribution in [1.29, 1.82) is 0 Å². The zero-order chi connectivity index (χ0) is 13.3. The number of nitrogen functional groups attached to an aromatic ring is 1. The maximum absolute atomic E-state index is 11.6. The summed E-state index contributed by atoms with van der Waals surface area (Å²) in [5.41, 5.74) is 6.49. The zero-order valence-electron chi connectivity index (χ0n) is 11.2. The molecule has 0 aliphatic carbocycles. The number of nitrogens with zero attached hydrogens (tertiary/aromatic N) is 1. The number of thiophene rings is 1. The first kappa shape index (κ1) is 13.2. The summed E-state index contributed by atoms with van der Waals surface area (Å²) in [5.74, 6) is 1.37. The van der Waals surface area contributed by atoms with E-state index in [1.165, 1.54) is 17.8 Å². The van der Waals surface area contributed by atoms with Crippen LogP contribution in [0.5, 0.6) is 0 Å². The van der Waals surface area contributed by atoms with Crippen LogP contribution in [0.15, 0.2) is 6.07 Å². The predicted molar refractivity (Wildman–Crippen MR) is 77.3 cm³/mol. The molecular formula is C13H21N3OS. The summed E-state index contributed by atoms with van der Waals surface area (Å²) < 4.78 is 0. The number of rotatable bonds is 2. The molecule has 1 saturated heterocycles. The van der Waals surface area contributed by atoms with Crippen LogP contribution in [0.3, 0.4) is 0 Å². The highest BCUT2D eigenvalue weighted by Crippen LogP contribution is 2.35. The monoisotopic (exact) mass is 267 g/mol. The molecular weight excluding hydrogens is 246 g/mol. The molecule has 3 N–H and O–H groups in total. The average Bonchev–Trinajstić information content (AvgIpc) is 2.74. The third-order valence-corrected chi connectivity index (χ3v) is 5.04. The molecule has 4 nitrogen and oxygen atoms in total. The van der Waals surface area contributed by atoms with Gasteiger partial charge < -0.3 is 16.0 Å². The molecule has 1 aromatic heterocycles. The van der Waals surface area contributed by atoms with E-state index in [-0.39, 0.29) is 5.91 Å². The van der Waals surface area contributed by atoms with Crippen LogP contribution in [0, 0.1) is 11.8 Å². The van der Waals surface area contributed by atoms with Gasteiger partial charge in [-0.1, -0.05) is 13.8 Å². The maximum atomic E-state index is 11.6. The Kier molecular flexibility index (Phi) is 3.80. The number of carbonyl (C=O) groups excluding carboxylic acids is 1. The molecule has 1 aliphatic heterocycles. The topological polar surface area (TPSA) is 58.4 Å². The number of nitrogens with one attached hydrogen (secondary N) is 1. The SMILES string of the molecule is CNC(=O)c1sc(N2CCC(C)C(C)C2)cc1N.